The monoisotopic (exact) mass is 364 g/mol. The summed E-state index contributed by atoms with van der Waals surface area (Å²) < 4.78 is 5.13. The summed E-state index contributed by atoms with van der Waals surface area (Å²) in [6.07, 6.45) is 7.72. The van der Waals surface area contributed by atoms with Gasteiger partial charge in [0.2, 0.25) is 0 Å². The van der Waals surface area contributed by atoms with Crippen LogP contribution in [-0.2, 0) is 4.74 Å². The van der Waals surface area contributed by atoms with Gasteiger partial charge in [0, 0.05) is 38.3 Å². The fourth-order valence-electron chi connectivity index (χ4n) is 5.38. The van der Waals surface area contributed by atoms with Gasteiger partial charge in [0.05, 0.1) is 18.7 Å². The molecule has 3 atom stereocenters. The van der Waals surface area contributed by atoms with Crippen molar-refractivity contribution in [2.24, 2.45) is 0 Å². The minimum absolute atomic E-state index is 0.162. The average molecular weight is 364 g/mol. The summed E-state index contributed by atoms with van der Waals surface area (Å²) in [4.78, 5) is 30.9. The Morgan fingerprint density at radius 2 is 1.81 bits per heavy atom. The van der Waals surface area contributed by atoms with Gasteiger partial charge in [0.15, 0.2) is 0 Å². The van der Waals surface area contributed by atoms with Crippen molar-refractivity contribution in [3.63, 3.8) is 0 Å². The van der Waals surface area contributed by atoms with Crippen LogP contribution in [-0.4, -0.2) is 83.8 Å². The summed E-state index contributed by atoms with van der Waals surface area (Å²) in [5, 5.41) is 3.22. The highest BCUT2D eigenvalue weighted by molar-refractivity contribution is 5.78. The number of likely N-dealkylation sites (tertiary alicyclic amines) is 2. The second-order valence-electron chi connectivity index (χ2n) is 8.17. The van der Waals surface area contributed by atoms with Gasteiger partial charge in [-0.15, -0.1) is 0 Å². The van der Waals surface area contributed by atoms with E-state index in [-0.39, 0.29) is 12.1 Å². The first kappa shape index (κ1) is 17.9. The van der Waals surface area contributed by atoms with Gasteiger partial charge in [-0.3, -0.25) is 4.90 Å². The maximum absolute atomic E-state index is 12.5. The zero-order valence-corrected chi connectivity index (χ0v) is 15.9. The van der Waals surface area contributed by atoms with Gasteiger partial charge in [-0.25, -0.2) is 9.59 Å². The molecule has 26 heavy (non-hydrogen) atoms. The number of fused-ring (bicyclic) bond motifs is 1. The Morgan fingerprint density at radius 3 is 2.58 bits per heavy atom. The van der Waals surface area contributed by atoms with Crippen LogP contribution in [0.5, 0.6) is 0 Å². The van der Waals surface area contributed by atoms with Crippen LogP contribution < -0.4 is 5.32 Å². The SMILES string of the molecule is CCOC(=O)N1CC[C@H](N2CCC(N3C(=O)N[C@H]4CCCC[C@@H]43)CC2)C1. The first-order valence-corrected chi connectivity index (χ1v) is 10.4. The van der Waals surface area contributed by atoms with Crippen LogP contribution in [0.2, 0.25) is 0 Å². The van der Waals surface area contributed by atoms with Gasteiger partial charge in [0.1, 0.15) is 0 Å². The number of amides is 3. The van der Waals surface area contributed by atoms with E-state index in [1.807, 2.05) is 11.8 Å². The lowest BCUT2D eigenvalue weighted by Crippen LogP contribution is -2.52. The van der Waals surface area contributed by atoms with Crippen molar-refractivity contribution in [3.8, 4) is 0 Å². The molecule has 1 N–H and O–H groups in total. The molecule has 0 aromatic carbocycles. The average Bonchev–Trinajstić information content (AvgIpc) is 3.26. The van der Waals surface area contributed by atoms with Crippen LogP contribution >= 0.6 is 0 Å². The Balaban J connectivity index is 1.29. The first-order valence-electron chi connectivity index (χ1n) is 10.4. The fraction of sp³-hybridized carbons (Fsp3) is 0.895. The van der Waals surface area contributed by atoms with Crippen molar-refractivity contribution in [2.45, 2.75) is 76.0 Å². The standard InChI is InChI=1S/C19H32N4O3/c1-2-26-19(25)22-12-9-15(13-22)21-10-7-14(8-11-21)23-17-6-4-3-5-16(17)20-18(23)24/h14-17H,2-13H2,1H3,(H,20,24)/t15-,16-,17-/m0/s1. The number of piperidine rings is 1. The summed E-state index contributed by atoms with van der Waals surface area (Å²) in [6.45, 7) is 5.90. The summed E-state index contributed by atoms with van der Waals surface area (Å²) in [6, 6.07) is 1.77. The number of nitrogens with one attached hydrogen (secondary N) is 1. The predicted octanol–water partition coefficient (Wildman–Crippen LogP) is 2.02. The molecule has 1 aliphatic carbocycles. The third-order valence-electron chi connectivity index (χ3n) is 6.73. The fourth-order valence-corrected chi connectivity index (χ4v) is 5.38. The number of rotatable bonds is 3. The number of nitrogens with zero attached hydrogens (tertiary/aromatic N) is 3. The Labute approximate surface area is 156 Å². The van der Waals surface area contributed by atoms with Crippen molar-refractivity contribution < 1.29 is 14.3 Å². The summed E-state index contributed by atoms with van der Waals surface area (Å²) >= 11 is 0. The van der Waals surface area contributed by atoms with Crippen molar-refractivity contribution in [1.82, 2.24) is 20.0 Å². The molecule has 4 rings (SSSR count). The highest BCUT2D eigenvalue weighted by Gasteiger charge is 2.44. The number of urea groups is 1. The molecule has 1 saturated carbocycles. The molecule has 4 fully saturated rings. The first-order chi connectivity index (χ1) is 12.7. The summed E-state index contributed by atoms with van der Waals surface area (Å²) in [5.41, 5.74) is 0. The van der Waals surface area contributed by atoms with Crippen LogP contribution in [0.4, 0.5) is 9.59 Å². The molecule has 146 valence electrons. The number of hydrogen-bond acceptors (Lipinski definition) is 4. The maximum atomic E-state index is 12.5. The topological polar surface area (TPSA) is 65.1 Å². The molecule has 7 heteroatoms. The molecule has 0 spiro atoms. The normalized spacial score (nSPS) is 33.3. The molecule has 3 amide bonds. The van der Waals surface area contributed by atoms with E-state index in [0.717, 1.165) is 58.3 Å². The van der Waals surface area contributed by atoms with E-state index in [2.05, 4.69) is 15.1 Å². The van der Waals surface area contributed by atoms with Gasteiger partial charge < -0.3 is 19.9 Å². The Morgan fingerprint density at radius 1 is 1.08 bits per heavy atom. The van der Waals surface area contributed by atoms with Gasteiger partial charge in [-0.1, -0.05) is 12.8 Å². The van der Waals surface area contributed by atoms with E-state index in [1.165, 1.54) is 12.8 Å². The lowest BCUT2D eigenvalue weighted by Gasteiger charge is -2.41. The minimum atomic E-state index is -0.179. The summed E-state index contributed by atoms with van der Waals surface area (Å²) in [7, 11) is 0. The molecule has 0 radical (unpaired) electrons. The molecule has 0 aromatic heterocycles. The highest BCUT2D eigenvalue weighted by Crippen LogP contribution is 2.33. The van der Waals surface area contributed by atoms with Crippen LogP contribution in [0.25, 0.3) is 0 Å². The zero-order valence-electron chi connectivity index (χ0n) is 15.9. The lowest BCUT2D eigenvalue weighted by molar-refractivity contribution is 0.0796. The van der Waals surface area contributed by atoms with Gasteiger partial charge in [0.25, 0.3) is 0 Å². The van der Waals surface area contributed by atoms with E-state index in [0.29, 0.717) is 30.8 Å². The third-order valence-corrected chi connectivity index (χ3v) is 6.73. The molecule has 0 aromatic rings. The molecule has 0 bridgehead atoms. The molecule has 3 aliphatic heterocycles. The number of hydrogen-bond donors (Lipinski definition) is 1. The van der Waals surface area contributed by atoms with Gasteiger partial charge >= 0.3 is 12.1 Å². The van der Waals surface area contributed by atoms with Gasteiger partial charge in [-0.05, 0) is 39.0 Å². The van der Waals surface area contributed by atoms with Crippen LogP contribution in [0.1, 0.15) is 51.9 Å². The molecule has 0 unspecified atom stereocenters. The Hall–Kier alpha value is -1.50. The Kier molecular flexibility index (Phi) is 5.25. The van der Waals surface area contributed by atoms with Crippen molar-refractivity contribution in [2.75, 3.05) is 32.8 Å². The molecule has 7 nitrogen and oxygen atoms in total. The minimum Gasteiger partial charge on any atom is -0.450 e. The van der Waals surface area contributed by atoms with E-state index in [4.69, 9.17) is 4.74 Å². The highest BCUT2D eigenvalue weighted by atomic mass is 16.6. The van der Waals surface area contributed by atoms with Crippen LogP contribution in [0.15, 0.2) is 0 Å². The molecule has 3 saturated heterocycles. The van der Waals surface area contributed by atoms with Gasteiger partial charge in [-0.2, -0.15) is 0 Å². The second kappa shape index (κ2) is 7.62. The Bertz CT molecular complexity index is 535. The molecular formula is C19H32N4O3. The molecule has 3 heterocycles. The van der Waals surface area contributed by atoms with Crippen molar-refractivity contribution in [3.05, 3.63) is 0 Å². The van der Waals surface area contributed by atoms with Crippen molar-refractivity contribution in [1.29, 1.82) is 0 Å². The van der Waals surface area contributed by atoms with Crippen molar-refractivity contribution >= 4 is 12.1 Å². The van der Waals surface area contributed by atoms with E-state index >= 15 is 0 Å². The number of carbonyl (C=O) groups is 2. The van der Waals surface area contributed by atoms with Crippen LogP contribution in [0.3, 0.4) is 0 Å². The smallest absolute Gasteiger partial charge is 0.409 e. The van der Waals surface area contributed by atoms with E-state index < -0.39 is 0 Å². The molecule has 4 aliphatic rings. The lowest BCUT2D eigenvalue weighted by atomic mass is 9.89. The molecular weight excluding hydrogens is 332 g/mol. The predicted molar refractivity (Wildman–Crippen MR) is 98.0 cm³/mol. The quantitative estimate of drug-likeness (QED) is 0.832. The largest absolute Gasteiger partial charge is 0.450 e. The zero-order chi connectivity index (χ0) is 18.1. The third kappa shape index (κ3) is 3.38. The number of carbonyl (C=O) groups excluding carboxylic acids is 2. The van der Waals surface area contributed by atoms with Crippen LogP contribution in [0, 0.1) is 0 Å². The second-order valence-corrected chi connectivity index (χ2v) is 8.17. The number of ether oxygens (including phenoxy) is 1. The maximum Gasteiger partial charge on any atom is 0.409 e. The van der Waals surface area contributed by atoms with E-state index in [1.54, 1.807) is 0 Å². The van der Waals surface area contributed by atoms with E-state index in [9.17, 15) is 9.59 Å². The summed E-state index contributed by atoms with van der Waals surface area (Å²) in [5.74, 6) is 0.